The van der Waals surface area contributed by atoms with Gasteiger partial charge in [-0.25, -0.2) is 4.98 Å². The second-order valence-corrected chi connectivity index (χ2v) is 6.14. The fourth-order valence-corrected chi connectivity index (χ4v) is 2.87. The molecule has 0 saturated carbocycles. The molecular formula is C21H24N4. The zero-order valence-electron chi connectivity index (χ0n) is 15.1. The van der Waals surface area contributed by atoms with Crippen LogP contribution in [0.15, 0.2) is 66.9 Å². The van der Waals surface area contributed by atoms with E-state index in [0.717, 1.165) is 30.5 Å². The lowest BCUT2D eigenvalue weighted by atomic mass is 10.2. The standard InChI is InChI=1S/C21H24N4/c1-4-25(19-12-8-9-17(2)15-19)20-13-14-22-21(23-20)24(3)16-18-10-6-5-7-11-18/h5-15H,4,16H2,1-3H3. The van der Waals surface area contributed by atoms with Crippen molar-refractivity contribution in [2.45, 2.75) is 20.4 Å². The maximum Gasteiger partial charge on any atom is 0.227 e. The number of anilines is 3. The third kappa shape index (κ3) is 4.15. The second-order valence-electron chi connectivity index (χ2n) is 6.14. The minimum Gasteiger partial charge on any atom is -0.339 e. The van der Waals surface area contributed by atoms with Crippen molar-refractivity contribution in [3.8, 4) is 0 Å². The number of rotatable bonds is 6. The van der Waals surface area contributed by atoms with Crippen molar-refractivity contribution in [1.29, 1.82) is 0 Å². The molecule has 0 saturated heterocycles. The zero-order valence-corrected chi connectivity index (χ0v) is 15.1. The van der Waals surface area contributed by atoms with E-state index in [4.69, 9.17) is 4.98 Å². The van der Waals surface area contributed by atoms with Gasteiger partial charge in [-0.1, -0.05) is 42.5 Å². The van der Waals surface area contributed by atoms with E-state index in [-0.39, 0.29) is 0 Å². The van der Waals surface area contributed by atoms with Crippen molar-refractivity contribution in [3.05, 3.63) is 78.0 Å². The van der Waals surface area contributed by atoms with Gasteiger partial charge in [0.2, 0.25) is 5.95 Å². The Hall–Kier alpha value is -2.88. The lowest BCUT2D eigenvalue weighted by Gasteiger charge is -2.24. The third-order valence-electron chi connectivity index (χ3n) is 4.14. The Morgan fingerprint density at radius 3 is 2.48 bits per heavy atom. The van der Waals surface area contributed by atoms with Crippen molar-refractivity contribution >= 4 is 17.5 Å². The Bertz CT molecular complexity index is 817. The average molecular weight is 332 g/mol. The Labute approximate surface area is 149 Å². The molecule has 3 rings (SSSR count). The summed E-state index contributed by atoms with van der Waals surface area (Å²) in [6.45, 7) is 5.87. The number of benzene rings is 2. The van der Waals surface area contributed by atoms with Gasteiger partial charge in [-0.15, -0.1) is 0 Å². The predicted molar refractivity (Wildman–Crippen MR) is 104 cm³/mol. The molecule has 0 aliphatic rings. The molecular weight excluding hydrogens is 308 g/mol. The molecule has 1 heterocycles. The summed E-state index contributed by atoms with van der Waals surface area (Å²) in [4.78, 5) is 13.5. The summed E-state index contributed by atoms with van der Waals surface area (Å²) in [5.41, 5.74) is 3.63. The number of aromatic nitrogens is 2. The first-order valence-corrected chi connectivity index (χ1v) is 8.59. The summed E-state index contributed by atoms with van der Waals surface area (Å²) in [7, 11) is 2.02. The molecule has 0 unspecified atom stereocenters. The van der Waals surface area contributed by atoms with Gasteiger partial charge < -0.3 is 9.80 Å². The number of aryl methyl sites for hydroxylation is 1. The molecule has 1 aromatic heterocycles. The summed E-state index contributed by atoms with van der Waals surface area (Å²) in [6, 6.07) is 20.8. The predicted octanol–water partition coefficient (Wildman–Crippen LogP) is 4.58. The van der Waals surface area contributed by atoms with Crippen LogP contribution in [0.4, 0.5) is 17.5 Å². The smallest absolute Gasteiger partial charge is 0.227 e. The van der Waals surface area contributed by atoms with Crippen LogP contribution in [0, 0.1) is 6.92 Å². The minimum absolute atomic E-state index is 0.729. The van der Waals surface area contributed by atoms with Crippen molar-refractivity contribution in [1.82, 2.24) is 9.97 Å². The quantitative estimate of drug-likeness (QED) is 0.661. The first kappa shape index (κ1) is 17.0. The first-order valence-electron chi connectivity index (χ1n) is 8.59. The normalized spacial score (nSPS) is 10.5. The van der Waals surface area contributed by atoms with Gasteiger partial charge in [0.05, 0.1) is 0 Å². The fourth-order valence-electron chi connectivity index (χ4n) is 2.87. The van der Waals surface area contributed by atoms with Gasteiger partial charge in [-0.2, -0.15) is 4.98 Å². The van der Waals surface area contributed by atoms with Crippen LogP contribution < -0.4 is 9.80 Å². The van der Waals surface area contributed by atoms with E-state index in [1.54, 1.807) is 0 Å². The summed E-state index contributed by atoms with van der Waals surface area (Å²) in [6.07, 6.45) is 1.83. The van der Waals surface area contributed by atoms with Crippen LogP contribution in [0.2, 0.25) is 0 Å². The van der Waals surface area contributed by atoms with Gasteiger partial charge in [-0.3, -0.25) is 0 Å². The molecule has 0 N–H and O–H groups in total. The van der Waals surface area contributed by atoms with Crippen LogP contribution in [-0.4, -0.2) is 23.6 Å². The molecule has 128 valence electrons. The van der Waals surface area contributed by atoms with Crippen molar-refractivity contribution in [2.24, 2.45) is 0 Å². The van der Waals surface area contributed by atoms with Crippen molar-refractivity contribution in [2.75, 3.05) is 23.4 Å². The van der Waals surface area contributed by atoms with E-state index in [0.29, 0.717) is 0 Å². The molecule has 4 heteroatoms. The maximum atomic E-state index is 4.79. The summed E-state index contributed by atoms with van der Waals surface area (Å²) in [5.74, 6) is 1.64. The second kappa shape index (κ2) is 7.79. The van der Waals surface area contributed by atoms with Gasteiger partial charge in [0, 0.05) is 32.0 Å². The van der Waals surface area contributed by atoms with E-state index >= 15 is 0 Å². The lowest BCUT2D eigenvalue weighted by Crippen LogP contribution is -2.22. The van der Waals surface area contributed by atoms with E-state index in [1.807, 2.05) is 25.4 Å². The Balaban J connectivity index is 1.84. The van der Waals surface area contributed by atoms with Gasteiger partial charge in [0.25, 0.3) is 0 Å². The number of hydrogen-bond acceptors (Lipinski definition) is 4. The van der Waals surface area contributed by atoms with Crippen LogP contribution in [0.3, 0.4) is 0 Å². The van der Waals surface area contributed by atoms with E-state index < -0.39 is 0 Å². The minimum atomic E-state index is 0.729. The van der Waals surface area contributed by atoms with Crippen molar-refractivity contribution in [3.63, 3.8) is 0 Å². The van der Waals surface area contributed by atoms with Crippen LogP contribution in [0.1, 0.15) is 18.1 Å². The van der Waals surface area contributed by atoms with E-state index in [1.165, 1.54) is 11.1 Å². The van der Waals surface area contributed by atoms with Gasteiger partial charge >= 0.3 is 0 Å². The maximum absolute atomic E-state index is 4.79. The molecule has 2 aromatic carbocycles. The van der Waals surface area contributed by atoms with Gasteiger partial charge in [0.1, 0.15) is 5.82 Å². The van der Waals surface area contributed by atoms with Crippen LogP contribution in [0.5, 0.6) is 0 Å². The number of hydrogen-bond donors (Lipinski definition) is 0. The molecule has 0 amide bonds. The zero-order chi connectivity index (χ0) is 17.6. The third-order valence-corrected chi connectivity index (χ3v) is 4.14. The van der Waals surface area contributed by atoms with E-state index in [2.05, 4.69) is 77.2 Å². The highest BCUT2D eigenvalue weighted by Gasteiger charge is 2.12. The summed E-state index contributed by atoms with van der Waals surface area (Å²) in [5, 5.41) is 0. The molecule has 0 fully saturated rings. The molecule has 0 bridgehead atoms. The number of nitrogens with zero attached hydrogens (tertiary/aromatic N) is 4. The molecule has 0 aliphatic heterocycles. The summed E-state index contributed by atoms with van der Waals surface area (Å²) < 4.78 is 0. The summed E-state index contributed by atoms with van der Waals surface area (Å²) >= 11 is 0. The average Bonchev–Trinajstić information content (AvgIpc) is 2.63. The molecule has 0 spiro atoms. The van der Waals surface area contributed by atoms with Gasteiger partial charge in [0.15, 0.2) is 0 Å². The highest BCUT2D eigenvalue weighted by molar-refractivity contribution is 5.61. The van der Waals surface area contributed by atoms with Crippen LogP contribution in [0.25, 0.3) is 0 Å². The Morgan fingerprint density at radius 2 is 1.76 bits per heavy atom. The highest BCUT2D eigenvalue weighted by atomic mass is 15.3. The molecule has 3 aromatic rings. The molecule has 0 atom stereocenters. The van der Waals surface area contributed by atoms with E-state index in [9.17, 15) is 0 Å². The lowest BCUT2D eigenvalue weighted by molar-refractivity contribution is 0.858. The Kier molecular flexibility index (Phi) is 5.29. The Morgan fingerprint density at radius 1 is 0.960 bits per heavy atom. The molecule has 0 aliphatic carbocycles. The molecule has 4 nitrogen and oxygen atoms in total. The topological polar surface area (TPSA) is 32.3 Å². The van der Waals surface area contributed by atoms with Gasteiger partial charge in [-0.05, 0) is 43.2 Å². The SMILES string of the molecule is CCN(c1cccc(C)c1)c1ccnc(N(C)Cc2ccccc2)n1. The van der Waals surface area contributed by atoms with Crippen molar-refractivity contribution < 1.29 is 0 Å². The first-order chi connectivity index (χ1) is 12.2. The fraction of sp³-hybridized carbons (Fsp3) is 0.238. The van der Waals surface area contributed by atoms with Crippen LogP contribution in [-0.2, 0) is 6.54 Å². The largest absolute Gasteiger partial charge is 0.339 e. The highest BCUT2D eigenvalue weighted by Crippen LogP contribution is 2.25. The monoisotopic (exact) mass is 332 g/mol. The molecule has 0 radical (unpaired) electrons. The van der Waals surface area contributed by atoms with Crippen LogP contribution >= 0.6 is 0 Å². The molecule has 25 heavy (non-hydrogen) atoms.